The van der Waals surface area contributed by atoms with Crippen LogP contribution in [0.2, 0.25) is 0 Å². The lowest BCUT2D eigenvalue weighted by molar-refractivity contribution is -0.122. The number of hydrogen-bond acceptors (Lipinski definition) is 3. The summed E-state index contributed by atoms with van der Waals surface area (Å²) in [6, 6.07) is 1.88. The molecule has 0 aliphatic carbocycles. The molecular formula is C13H16FN3O4. The van der Waals surface area contributed by atoms with E-state index >= 15 is 0 Å². The molecule has 1 rings (SSSR count). The smallest absolute Gasteiger partial charge is 0.340 e. The largest absolute Gasteiger partial charge is 0.478 e. The Labute approximate surface area is 120 Å². The van der Waals surface area contributed by atoms with Crippen LogP contribution in [0, 0.1) is 5.82 Å². The number of aromatic carboxylic acids is 1. The molecule has 0 radical (unpaired) electrons. The van der Waals surface area contributed by atoms with E-state index in [0.717, 1.165) is 6.07 Å². The molecule has 0 saturated carbocycles. The number of amides is 3. The second-order valence-electron chi connectivity index (χ2n) is 4.18. The zero-order chi connectivity index (χ0) is 16.0. The molecule has 8 heteroatoms. The Morgan fingerprint density at radius 2 is 2.00 bits per heavy atom. The van der Waals surface area contributed by atoms with E-state index in [0.29, 0.717) is 6.54 Å². The van der Waals surface area contributed by atoms with Gasteiger partial charge in [-0.15, -0.1) is 0 Å². The number of anilines is 1. The minimum atomic E-state index is -1.50. The van der Waals surface area contributed by atoms with E-state index in [1.165, 1.54) is 19.1 Å². The Hall–Kier alpha value is -2.64. The van der Waals surface area contributed by atoms with Crippen LogP contribution in [0.4, 0.5) is 14.9 Å². The van der Waals surface area contributed by atoms with Crippen molar-refractivity contribution < 1.29 is 23.9 Å². The number of benzene rings is 1. The average Bonchev–Trinajstić information content (AvgIpc) is 2.38. The number of nitrogens with one attached hydrogen (secondary N) is 3. The van der Waals surface area contributed by atoms with E-state index < -0.39 is 29.4 Å². The summed E-state index contributed by atoms with van der Waals surface area (Å²) in [6.45, 7) is 3.62. The lowest BCUT2D eigenvalue weighted by Crippen LogP contribution is -2.46. The lowest BCUT2D eigenvalue weighted by Gasteiger charge is -2.15. The predicted molar refractivity (Wildman–Crippen MR) is 73.7 cm³/mol. The Balaban J connectivity index is 2.78. The van der Waals surface area contributed by atoms with E-state index in [1.54, 1.807) is 6.92 Å². The molecule has 0 aromatic heterocycles. The van der Waals surface area contributed by atoms with Crippen LogP contribution in [0.5, 0.6) is 0 Å². The fourth-order valence-corrected chi connectivity index (χ4v) is 1.59. The zero-order valence-corrected chi connectivity index (χ0v) is 11.6. The summed E-state index contributed by atoms with van der Waals surface area (Å²) in [4.78, 5) is 34.1. The second-order valence-corrected chi connectivity index (χ2v) is 4.18. The summed E-state index contributed by atoms with van der Waals surface area (Å²) < 4.78 is 13.4. The highest BCUT2D eigenvalue weighted by Crippen LogP contribution is 2.18. The van der Waals surface area contributed by atoms with Gasteiger partial charge >= 0.3 is 12.0 Å². The van der Waals surface area contributed by atoms with Crippen molar-refractivity contribution in [3.8, 4) is 0 Å². The van der Waals surface area contributed by atoms with Gasteiger partial charge in [0.05, 0.1) is 5.69 Å². The number of rotatable bonds is 5. The predicted octanol–water partition coefficient (Wildman–Crippen LogP) is 1.17. The fraction of sp³-hybridized carbons (Fsp3) is 0.308. The monoisotopic (exact) mass is 297 g/mol. The zero-order valence-electron chi connectivity index (χ0n) is 11.6. The van der Waals surface area contributed by atoms with Crippen molar-refractivity contribution >= 4 is 23.6 Å². The van der Waals surface area contributed by atoms with Crippen LogP contribution in [-0.4, -0.2) is 35.6 Å². The number of urea groups is 1. The van der Waals surface area contributed by atoms with Gasteiger partial charge in [-0.3, -0.25) is 4.79 Å². The summed E-state index contributed by atoms with van der Waals surface area (Å²) in [6.07, 6.45) is 0. The number of halogens is 1. The Bertz CT molecular complexity index is 562. The van der Waals surface area contributed by atoms with Gasteiger partial charge in [0, 0.05) is 6.54 Å². The molecule has 1 atom stereocenters. The van der Waals surface area contributed by atoms with Crippen LogP contribution in [-0.2, 0) is 4.79 Å². The summed E-state index contributed by atoms with van der Waals surface area (Å²) in [5, 5.41) is 16.0. The highest BCUT2D eigenvalue weighted by Gasteiger charge is 2.19. The molecule has 1 aromatic rings. The third kappa shape index (κ3) is 4.44. The molecule has 0 saturated heterocycles. The van der Waals surface area contributed by atoms with Crippen molar-refractivity contribution in [3.05, 3.63) is 29.6 Å². The number of carboxylic acids is 1. The first-order valence-corrected chi connectivity index (χ1v) is 6.23. The first kappa shape index (κ1) is 16.4. The first-order valence-electron chi connectivity index (χ1n) is 6.23. The van der Waals surface area contributed by atoms with Crippen molar-refractivity contribution in [2.45, 2.75) is 19.9 Å². The number of carboxylic acid groups (broad SMARTS) is 1. The van der Waals surface area contributed by atoms with Crippen LogP contribution < -0.4 is 16.0 Å². The van der Waals surface area contributed by atoms with Gasteiger partial charge in [-0.05, 0) is 26.0 Å². The maximum atomic E-state index is 13.4. The molecule has 0 fully saturated rings. The van der Waals surface area contributed by atoms with Crippen LogP contribution >= 0.6 is 0 Å². The van der Waals surface area contributed by atoms with Gasteiger partial charge in [0.25, 0.3) is 0 Å². The quantitative estimate of drug-likeness (QED) is 0.654. The van der Waals surface area contributed by atoms with Crippen LogP contribution in [0.3, 0.4) is 0 Å². The second kappa shape index (κ2) is 7.22. The summed E-state index contributed by atoms with van der Waals surface area (Å²) in [5.41, 5.74) is -0.832. The van der Waals surface area contributed by atoms with E-state index in [4.69, 9.17) is 5.11 Å². The number of carbonyl (C=O) groups is 3. The summed E-state index contributed by atoms with van der Waals surface area (Å²) in [5.74, 6) is -2.84. The fourth-order valence-electron chi connectivity index (χ4n) is 1.59. The molecule has 7 nitrogen and oxygen atoms in total. The van der Waals surface area contributed by atoms with Crippen molar-refractivity contribution in [2.24, 2.45) is 0 Å². The van der Waals surface area contributed by atoms with Gasteiger partial charge in [-0.25, -0.2) is 14.0 Å². The summed E-state index contributed by atoms with van der Waals surface area (Å²) >= 11 is 0. The molecule has 0 bridgehead atoms. The number of hydrogen-bond donors (Lipinski definition) is 4. The molecule has 3 amide bonds. The Kier molecular flexibility index (Phi) is 5.65. The molecule has 0 heterocycles. The highest BCUT2D eigenvalue weighted by molar-refractivity contribution is 6.01. The molecule has 21 heavy (non-hydrogen) atoms. The summed E-state index contributed by atoms with van der Waals surface area (Å²) in [7, 11) is 0. The van der Waals surface area contributed by atoms with Crippen molar-refractivity contribution in [1.29, 1.82) is 0 Å². The molecule has 0 aliphatic heterocycles. The van der Waals surface area contributed by atoms with Crippen LogP contribution in [0.25, 0.3) is 0 Å². The topological polar surface area (TPSA) is 108 Å². The average molecular weight is 297 g/mol. The molecule has 1 unspecified atom stereocenters. The third-order valence-electron chi connectivity index (χ3n) is 2.57. The van der Waals surface area contributed by atoms with Gasteiger partial charge in [0.1, 0.15) is 17.4 Å². The molecule has 114 valence electrons. The van der Waals surface area contributed by atoms with E-state index in [1.807, 2.05) is 0 Å². The number of likely N-dealkylation sites (N-methyl/N-ethyl adjacent to an activating group) is 1. The van der Waals surface area contributed by atoms with E-state index in [9.17, 15) is 18.8 Å². The van der Waals surface area contributed by atoms with Crippen molar-refractivity contribution in [2.75, 3.05) is 11.9 Å². The van der Waals surface area contributed by atoms with E-state index in [2.05, 4.69) is 16.0 Å². The van der Waals surface area contributed by atoms with Gasteiger partial charge in [-0.2, -0.15) is 0 Å². The van der Waals surface area contributed by atoms with Crippen molar-refractivity contribution in [1.82, 2.24) is 10.6 Å². The Morgan fingerprint density at radius 1 is 1.33 bits per heavy atom. The molecule has 0 aliphatic rings. The van der Waals surface area contributed by atoms with Crippen LogP contribution in [0.15, 0.2) is 18.2 Å². The standard InChI is InChI=1S/C13H16FN3O4/c1-3-15-11(18)7(2)16-13(21)17-9-6-4-5-8(14)10(9)12(19)20/h4-7H,3H2,1-2H3,(H,15,18)(H,19,20)(H2,16,17,21). The minimum Gasteiger partial charge on any atom is -0.478 e. The van der Waals surface area contributed by atoms with Crippen molar-refractivity contribution in [3.63, 3.8) is 0 Å². The molecule has 0 spiro atoms. The van der Waals surface area contributed by atoms with Gasteiger partial charge < -0.3 is 21.1 Å². The van der Waals surface area contributed by atoms with Gasteiger partial charge in [0.15, 0.2) is 0 Å². The lowest BCUT2D eigenvalue weighted by atomic mass is 10.1. The molecule has 4 N–H and O–H groups in total. The first-order chi connectivity index (χ1) is 9.86. The number of carbonyl (C=O) groups excluding carboxylic acids is 2. The third-order valence-corrected chi connectivity index (χ3v) is 2.57. The van der Waals surface area contributed by atoms with Gasteiger partial charge in [-0.1, -0.05) is 6.07 Å². The SMILES string of the molecule is CCNC(=O)C(C)NC(=O)Nc1cccc(F)c1C(=O)O. The van der Waals surface area contributed by atoms with E-state index in [-0.39, 0.29) is 11.6 Å². The van der Waals surface area contributed by atoms with Gasteiger partial charge in [0.2, 0.25) is 5.91 Å². The normalized spacial score (nSPS) is 11.4. The Morgan fingerprint density at radius 3 is 2.57 bits per heavy atom. The maximum absolute atomic E-state index is 13.4. The maximum Gasteiger partial charge on any atom is 0.340 e. The van der Waals surface area contributed by atoms with Crippen LogP contribution in [0.1, 0.15) is 24.2 Å². The molecular weight excluding hydrogens is 281 g/mol. The molecule has 1 aromatic carbocycles. The highest BCUT2D eigenvalue weighted by atomic mass is 19.1. The minimum absolute atomic E-state index is 0.192.